The number of amides is 1. The minimum atomic E-state index is -0.281. The molecule has 0 aliphatic carbocycles. The number of phenolic OH excluding ortho intramolecular Hbond substituents is 1. The molecule has 0 bridgehead atoms. The summed E-state index contributed by atoms with van der Waals surface area (Å²) in [7, 11) is 3.09. The summed E-state index contributed by atoms with van der Waals surface area (Å²) in [5.41, 5.74) is 1.37. The van der Waals surface area contributed by atoms with Gasteiger partial charge in [0.15, 0.2) is 0 Å². The fraction of sp³-hybridized carbons (Fsp3) is 0.118. The van der Waals surface area contributed by atoms with E-state index in [4.69, 9.17) is 9.47 Å². The van der Waals surface area contributed by atoms with E-state index in [1.54, 1.807) is 55.7 Å². The largest absolute Gasteiger partial charge is 0.508 e. The molecule has 22 heavy (non-hydrogen) atoms. The van der Waals surface area contributed by atoms with Gasteiger partial charge < -0.3 is 19.9 Å². The molecule has 0 spiro atoms. The zero-order chi connectivity index (χ0) is 15.9. The minimum absolute atomic E-state index is 0.185. The van der Waals surface area contributed by atoms with Gasteiger partial charge in [0.1, 0.15) is 17.2 Å². The number of methoxy groups -OCH3 is 2. The van der Waals surface area contributed by atoms with Gasteiger partial charge in [0.05, 0.1) is 19.9 Å². The molecule has 2 N–H and O–H groups in total. The molecule has 2 aromatic carbocycles. The Hall–Kier alpha value is -2.95. The Morgan fingerprint density at radius 3 is 2.45 bits per heavy atom. The zero-order valence-electron chi connectivity index (χ0n) is 12.4. The Balaban J connectivity index is 2.07. The fourth-order valence-electron chi connectivity index (χ4n) is 1.83. The lowest BCUT2D eigenvalue weighted by atomic mass is 10.2. The molecular weight excluding hydrogens is 282 g/mol. The van der Waals surface area contributed by atoms with Crippen LogP contribution < -0.4 is 14.8 Å². The minimum Gasteiger partial charge on any atom is -0.508 e. The van der Waals surface area contributed by atoms with Gasteiger partial charge in [0.25, 0.3) is 0 Å². The third-order valence-corrected chi connectivity index (χ3v) is 2.99. The molecule has 0 aromatic heterocycles. The first kappa shape index (κ1) is 15.4. The average Bonchev–Trinajstić information content (AvgIpc) is 2.54. The fourth-order valence-corrected chi connectivity index (χ4v) is 1.83. The van der Waals surface area contributed by atoms with E-state index in [0.29, 0.717) is 17.2 Å². The second-order valence-electron chi connectivity index (χ2n) is 4.48. The summed E-state index contributed by atoms with van der Waals surface area (Å²) >= 11 is 0. The molecule has 2 rings (SSSR count). The summed E-state index contributed by atoms with van der Waals surface area (Å²) < 4.78 is 10.3. The van der Waals surface area contributed by atoms with Gasteiger partial charge in [-0.2, -0.15) is 0 Å². The molecule has 1 amide bonds. The normalized spacial score (nSPS) is 10.5. The van der Waals surface area contributed by atoms with E-state index in [9.17, 15) is 9.90 Å². The van der Waals surface area contributed by atoms with Crippen LogP contribution in [-0.2, 0) is 4.79 Å². The van der Waals surface area contributed by atoms with Crippen molar-refractivity contribution in [1.29, 1.82) is 0 Å². The van der Waals surface area contributed by atoms with Crippen LogP contribution >= 0.6 is 0 Å². The average molecular weight is 299 g/mol. The van der Waals surface area contributed by atoms with Crippen molar-refractivity contribution in [2.75, 3.05) is 19.5 Å². The number of aromatic hydroxyl groups is 1. The Labute approximate surface area is 128 Å². The number of hydrogen-bond donors (Lipinski definition) is 2. The van der Waals surface area contributed by atoms with Crippen LogP contribution in [0.4, 0.5) is 5.69 Å². The van der Waals surface area contributed by atoms with Crippen molar-refractivity contribution in [2.24, 2.45) is 0 Å². The monoisotopic (exact) mass is 299 g/mol. The SMILES string of the molecule is COc1ccc(NC(=O)/C=C/c2ccc(O)cc2)c(OC)c1. The van der Waals surface area contributed by atoms with Gasteiger partial charge in [-0.25, -0.2) is 0 Å². The van der Waals surface area contributed by atoms with Gasteiger partial charge in [-0.15, -0.1) is 0 Å². The predicted octanol–water partition coefficient (Wildman–Crippen LogP) is 3.06. The molecule has 0 saturated heterocycles. The van der Waals surface area contributed by atoms with Crippen LogP contribution in [0.2, 0.25) is 0 Å². The Bertz CT molecular complexity index is 678. The van der Waals surface area contributed by atoms with Crippen LogP contribution in [0.1, 0.15) is 5.56 Å². The summed E-state index contributed by atoms with van der Waals surface area (Å²) in [6, 6.07) is 11.7. The smallest absolute Gasteiger partial charge is 0.248 e. The highest BCUT2D eigenvalue weighted by molar-refractivity contribution is 6.02. The molecular formula is C17H17NO4. The first-order chi connectivity index (χ1) is 10.6. The molecule has 0 aliphatic rings. The number of nitrogens with one attached hydrogen (secondary N) is 1. The van der Waals surface area contributed by atoms with E-state index in [2.05, 4.69) is 5.32 Å². The summed E-state index contributed by atoms with van der Waals surface area (Å²) in [6.45, 7) is 0. The predicted molar refractivity (Wildman–Crippen MR) is 85.3 cm³/mol. The van der Waals surface area contributed by atoms with Crippen molar-refractivity contribution in [2.45, 2.75) is 0 Å². The van der Waals surface area contributed by atoms with Crippen molar-refractivity contribution >= 4 is 17.7 Å². The second kappa shape index (κ2) is 7.17. The number of anilines is 1. The van der Waals surface area contributed by atoms with Crippen LogP contribution in [0.15, 0.2) is 48.5 Å². The van der Waals surface area contributed by atoms with Crippen molar-refractivity contribution in [3.05, 3.63) is 54.1 Å². The molecule has 0 unspecified atom stereocenters. The lowest BCUT2D eigenvalue weighted by Gasteiger charge is -2.10. The number of benzene rings is 2. The first-order valence-electron chi connectivity index (χ1n) is 6.62. The third kappa shape index (κ3) is 4.02. The number of hydrogen-bond acceptors (Lipinski definition) is 4. The summed E-state index contributed by atoms with van der Waals surface area (Å²) in [6.07, 6.45) is 3.07. The summed E-state index contributed by atoms with van der Waals surface area (Å²) in [5.74, 6) is 1.07. The highest BCUT2D eigenvalue weighted by atomic mass is 16.5. The number of phenols is 1. The number of rotatable bonds is 5. The van der Waals surface area contributed by atoms with Crippen molar-refractivity contribution < 1.29 is 19.4 Å². The second-order valence-corrected chi connectivity index (χ2v) is 4.48. The number of carbonyl (C=O) groups is 1. The standard InChI is InChI=1S/C17H17NO4/c1-21-14-8-9-15(16(11-14)22-2)18-17(20)10-5-12-3-6-13(19)7-4-12/h3-11,19H,1-2H3,(H,18,20)/b10-5+. The van der Waals surface area contributed by atoms with E-state index in [-0.39, 0.29) is 11.7 Å². The highest BCUT2D eigenvalue weighted by Gasteiger charge is 2.06. The Morgan fingerprint density at radius 1 is 1.09 bits per heavy atom. The molecule has 114 valence electrons. The molecule has 0 atom stereocenters. The summed E-state index contributed by atoms with van der Waals surface area (Å²) in [4.78, 5) is 11.9. The Kier molecular flexibility index (Phi) is 5.03. The van der Waals surface area contributed by atoms with Crippen molar-refractivity contribution in [3.63, 3.8) is 0 Å². The number of carbonyl (C=O) groups excluding carboxylic acids is 1. The van der Waals surface area contributed by atoms with Gasteiger partial charge in [-0.1, -0.05) is 12.1 Å². The molecule has 0 fully saturated rings. The van der Waals surface area contributed by atoms with Crippen LogP contribution in [0, 0.1) is 0 Å². The highest BCUT2D eigenvalue weighted by Crippen LogP contribution is 2.28. The zero-order valence-corrected chi connectivity index (χ0v) is 12.4. The molecule has 0 aliphatic heterocycles. The van der Waals surface area contributed by atoms with Gasteiger partial charge in [0.2, 0.25) is 5.91 Å². The van der Waals surface area contributed by atoms with Crippen LogP contribution in [0.25, 0.3) is 6.08 Å². The molecule has 0 radical (unpaired) electrons. The van der Waals surface area contributed by atoms with E-state index < -0.39 is 0 Å². The van der Waals surface area contributed by atoms with Crippen molar-refractivity contribution in [1.82, 2.24) is 0 Å². The van der Waals surface area contributed by atoms with Gasteiger partial charge in [-0.05, 0) is 35.9 Å². The lowest BCUT2D eigenvalue weighted by molar-refractivity contribution is -0.111. The first-order valence-corrected chi connectivity index (χ1v) is 6.62. The molecule has 5 heteroatoms. The third-order valence-electron chi connectivity index (χ3n) is 2.99. The maximum absolute atomic E-state index is 11.9. The van der Waals surface area contributed by atoms with E-state index in [1.807, 2.05) is 0 Å². The van der Waals surface area contributed by atoms with E-state index >= 15 is 0 Å². The van der Waals surface area contributed by atoms with Gasteiger partial charge in [0, 0.05) is 12.1 Å². The van der Waals surface area contributed by atoms with Gasteiger partial charge in [-0.3, -0.25) is 4.79 Å². The Morgan fingerprint density at radius 2 is 1.82 bits per heavy atom. The molecule has 2 aromatic rings. The van der Waals surface area contributed by atoms with Crippen LogP contribution in [-0.4, -0.2) is 25.2 Å². The quantitative estimate of drug-likeness (QED) is 0.833. The maximum Gasteiger partial charge on any atom is 0.248 e. The number of ether oxygens (including phenoxy) is 2. The molecule has 0 heterocycles. The topological polar surface area (TPSA) is 67.8 Å². The van der Waals surface area contributed by atoms with E-state index in [0.717, 1.165) is 5.56 Å². The van der Waals surface area contributed by atoms with Gasteiger partial charge >= 0.3 is 0 Å². The van der Waals surface area contributed by atoms with E-state index in [1.165, 1.54) is 13.2 Å². The molecule has 0 saturated carbocycles. The lowest BCUT2D eigenvalue weighted by Crippen LogP contribution is -2.08. The summed E-state index contributed by atoms with van der Waals surface area (Å²) in [5, 5.41) is 11.9. The molecule has 5 nitrogen and oxygen atoms in total. The van der Waals surface area contributed by atoms with Crippen LogP contribution in [0.5, 0.6) is 17.2 Å². The van der Waals surface area contributed by atoms with Crippen LogP contribution in [0.3, 0.4) is 0 Å². The van der Waals surface area contributed by atoms with Crippen molar-refractivity contribution in [3.8, 4) is 17.2 Å². The maximum atomic E-state index is 11.9.